The van der Waals surface area contributed by atoms with Crippen LogP contribution in [0.4, 0.5) is 0 Å². The lowest BCUT2D eigenvalue weighted by Crippen LogP contribution is -2.45. The van der Waals surface area contributed by atoms with Crippen LogP contribution >= 0.6 is 0 Å². The van der Waals surface area contributed by atoms with Crippen LogP contribution in [0.1, 0.15) is 47.3 Å². The Morgan fingerprint density at radius 3 is 2.52 bits per heavy atom. The Bertz CT molecular complexity index is 1260. The van der Waals surface area contributed by atoms with Crippen LogP contribution in [0.5, 0.6) is 0 Å². The van der Waals surface area contributed by atoms with Crippen LogP contribution < -0.4 is 5.32 Å². The molecule has 0 spiro atoms. The Kier molecular flexibility index (Phi) is 6.09. The van der Waals surface area contributed by atoms with Crippen molar-refractivity contribution >= 4 is 16.8 Å². The number of aliphatic hydroxyl groups excluding tert-OH is 1. The van der Waals surface area contributed by atoms with E-state index in [0.717, 1.165) is 53.3 Å². The van der Waals surface area contributed by atoms with E-state index >= 15 is 0 Å². The van der Waals surface area contributed by atoms with E-state index < -0.39 is 6.10 Å². The number of carbonyl (C=O) groups is 1. The van der Waals surface area contributed by atoms with Crippen LogP contribution in [0, 0.1) is 0 Å². The molecule has 6 nitrogen and oxygen atoms in total. The number of nitrogens with zero attached hydrogens (tertiary/aromatic N) is 3. The highest BCUT2D eigenvalue weighted by atomic mass is 16.3. The fraction of sp³-hybridized carbons (Fsp3) is 0.259. The van der Waals surface area contributed by atoms with Crippen LogP contribution in [0.3, 0.4) is 0 Å². The summed E-state index contributed by atoms with van der Waals surface area (Å²) in [5, 5.41) is 14.3. The van der Waals surface area contributed by atoms with Gasteiger partial charge in [-0.1, -0.05) is 55.3 Å². The summed E-state index contributed by atoms with van der Waals surface area (Å²) in [4.78, 5) is 26.2. The molecule has 2 N–H and O–H groups in total. The molecule has 1 fully saturated rings. The summed E-state index contributed by atoms with van der Waals surface area (Å²) < 4.78 is 0. The molecular formula is C27H26N4O2. The van der Waals surface area contributed by atoms with Gasteiger partial charge in [0.25, 0.3) is 5.91 Å². The number of hydrogen-bond acceptors (Lipinski definition) is 5. The summed E-state index contributed by atoms with van der Waals surface area (Å²) in [6.07, 6.45) is 7.19. The Labute approximate surface area is 192 Å². The average molecular weight is 439 g/mol. The van der Waals surface area contributed by atoms with E-state index in [1.807, 2.05) is 42.5 Å². The van der Waals surface area contributed by atoms with Crippen LogP contribution in [-0.2, 0) is 6.42 Å². The van der Waals surface area contributed by atoms with Gasteiger partial charge in [-0.05, 0) is 48.6 Å². The molecule has 1 aliphatic rings. The first-order valence-corrected chi connectivity index (χ1v) is 11.4. The number of carbonyl (C=O) groups excluding carboxylic acids is 1. The lowest BCUT2D eigenvalue weighted by molar-refractivity contribution is 0.0714. The highest BCUT2D eigenvalue weighted by molar-refractivity contribution is 5.96. The largest absolute Gasteiger partial charge is 0.391 e. The maximum atomic E-state index is 13.0. The van der Waals surface area contributed by atoms with Crippen LogP contribution in [0.15, 0.2) is 73.1 Å². The minimum Gasteiger partial charge on any atom is -0.391 e. The maximum absolute atomic E-state index is 13.0. The smallest absolute Gasteiger partial charge is 0.270 e. The van der Waals surface area contributed by atoms with Crippen molar-refractivity contribution < 1.29 is 9.90 Å². The number of rotatable bonds is 5. The second kappa shape index (κ2) is 9.46. The molecule has 1 saturated carbocycles. The first-order valence-electron chi connectivity index (χ1n) is 11.4. The first-order chi connectivity index (χ1) is 16.2. The van der Waals surface area contributed by atoms with Gasteiger partial charge in [0.1, 0.15) is 5.69 Å². The molecule has 2 aromatic carbocycles. The van der Waals surface area contributed by atoms with Gasteiger partial charge in [-0.2, -0.15) is 0 Å². The number of hydrogen-bond donors (Lipinski definition) is 2. The van der Waals surface area contributed by atoms with Crippen molar-refractivity contribution in [2.24, 2.45) is 0 Å². The zero-order valence-electron chi connectivity index (χ0n) is 18.3. The third kappa shape index (κ3) is 4.76. The Morgan fingerprint density at radius 1 is 0.970 bits per heavy atom. The number of aromatic nitrogens is 3. The van der Waals surface area contributed by atoms with Gasteiger partial charge in [0.05, 0.1) is 17.7 Å². The number of pyridine rings is 1. The van der Waals surface area contributed by atoms with Gasteiger partial charge in [0, 0.05) is 23.3 Å². The molecule has 0 unspecified atom stereocenters. The van der Waals surface area contributed by atoms with Crippen molar-refractivity contribution in [1.29, 1.82) is 0 Å². The van der Waals surface area contributed by atoms with Crippen molar-refractivity contribution in [3.8, 4) is 11.4 Å². The van der Waals surface area contributed by atoms with Crippen molar-refractivity contribution in [3.63, 3.8) is 0 Å². The van der Waals surface area contributed by atoms with Crippen molar-refractivity contribution in [1.82, 2.24) is 20.3 Å². The average Bonchev–Trinajstić information content (AvgIpc) is 2.86. The number of benzene rings is 2. The molecule has 4 aromatic rings. The zero-order chi connectivity index (χ0) is 22.6. The Balaban J connectivity index is 1.42. The lowest BCUT2D eigenvalue weighted by atomic mass is 9.92. The minimum absolute atomic E-state index is 0.212. The molecule has 1 aliphatic carbocycles. The standard InChI is InChI=1S/C27H26N4O2/c32-25-9-4-3-8-23(25)31-27(33)24-17-20(21-6-1-2-7-22(21)30-24)16-18-10-12-19(13-11-18)26-28-14-5-15-29-26/h1-2,5-7,10-15,17,23,25,32H,3-4,8-9,16H2,(H,31,33)/t23-,25-/m0/s1. The lowest BCUT2D eigenvalue weighted by Gasteiger charge is -2.28. The minimum atomic E-state index is -0.491. The molecule has 166 valence electrons. The van der Waals surface area contributed by atoms with Gasteiger partial charge in [0.2, 0.25) is 0 Å². The molecular weight excluding hydrogens is 412 g/mol. The third-order valence-electron chi connectivity index (χ3n) is 6.25. The van der Waals surface area contributed by atoms with Gasteiger partial charge in [-0.3, -0.25) is 4.79 Å². The number of para-hydroxylation sites is 1. The van der Waals surface area contributed by atoms with E-state index in [2.05, 4.69) is 32.4 Å². The highest BCUT2D eigenvalue weighted by Gasteiger charge is 2.25. The highest BCUT2D eigenvalue weighted by Crippen LogP contribution is 2.24. The predicted molar refractivity (Wildman–Crippen MR) is 128 cm³/mol. The van der Waals surface area contributed by atoms with E-state index in [-0.39, 0.29) is 11.9 Å². The zero-order valence-corrected chi connectivity index (χ0v) is 18.3. The molecule has 2 heterocycles. The van der Waals surface area contributed by atoms with E-state index in [4.69, 9.17) is 0 Å². The third-order valence-corrected chi connectivity index (χ3v) is 6.25. The number of aliphatic hydroxyl groups is 1. The van der Waals surface area contributed by atoms with E-state index in [9.17, 15) is 9.90 Å². The Morgan fingerprint density at radius 2 is 1.73 bits per heavy atom. The quantitative estimate of drug-likeness (QED) is 0.485. The molecule has 2 atom stereocenters. The Hall–Kier alpha value is -3.64. The number of nitrogens with one attached hydrogen (secondary N) is 1. The van der Waals surface area contributed by atoms with Crippen LogP contribution in [0.2, 0.25) is 0 Å². The predicted octanol–water partition coefficient (Wildman–Crippen LogP) is 4.32. The molecule has 5 rings (SSSR count). The van der Waals surface area contributed by atoms with Crippen molar-refractivity contribution in [3.05, 3.63) is 89.9 Å². The molecule has 0 aliphatic heterocycles. The van der Waals surface area contributed by atoms with E-state index in [0.29, 0.717) is 17.9 Å². The summed E-state index contributed by atoms with van der Waals surface area (Å²) in [6, 6.07) is 19.5. The van der Waals surface area contributed by atoms with Gasteiger partial charge in [-0.25, -0.2) is 15.0 Å². The normalized spacial score (nSPS) is 18.2. The monoisotopic (exact) mass is 438 g/mol. The first kappa shape index (κ1) is 21.2. The van der Waals surface area contributed by atoms with Crippen LogP contribution in [-0.4, -0.2) is 38.1 Å². The van der Waals surface area contributed by atoms with Gasteiger partial charge < -0.3 is 10.4 Å². The molecule has 33 heavy (non-hydrogen) atoms. The summed E-state index contributed by atoms with van der Waals surface area (Å²) in [5.74, 6) is 0.465. The van der Waals surface area contributed by atoms with Crippen LogP contribution in [0.25, 0.3) is 22.3 Å². The maximum Gasteiger partial charge on any atom is 0.270 e. The molecule has 2 aromatic heterocycles. The molecule has 0 bridgehead atoms. The molecule has 0 saturated heterocycles. The van der Waals surface area contributed by atoms with Crippen molar-refractivity contribution in [2.45, 2.75) is 44.2 Å². The number of fused-ring (bicyclic) bond motifs is 1. The SMILES string of the molecule is O=C(N[C@H]1CCCC[C@@H]1O)c1cc(Cc2ccc(-c3ncccn3)cc2)c2ccccc2n1. The van der Waals surface area contributed by atoms with Crippen molar-refractivity contribution in [2.75, 3.05) is 0 Å². The topological polar surface area (TPSA) is 88.0 Å². The fourth-order valence-electron chi connectivity index (χ4n) is 4.47. The van der Waals surface area contributed by atoms with Gasteiger partial charge >= 0.3 is 0 Å². The van der Waals surface area contributed by atoms with E-state index in [1.54, 1.807) is 18.5 Å². The second-order valence-electron chi connectivity index (χ2n) is 8.56. The molecule has 0 radical (unpaired) electrons. The molecule has 6 heteroatoms. The van der Waals surface area contributed by atoms with Gasteiger partial charge in [0.15, 0.2) is 5.82 Å². The van der Waals surface area contributed by atoms with E-state index in [1.165, 1.54) is 0 Å². The second-order valence-corrected chi connectivity index (χ2v) is 8.56. The summed E-state index contributed by atoms with van der Waals surface area (Å²) in [6.45, 7) is 0. The van der Waals surface area contributed by atoms with Gasteiger partial charge in [-0.15, -0.1) is 0 Å². The number of amides is 1. The fourth-order valence-corrected chi connectivity index (χ4v) is 4.47. The summed E-state index contributed by atoms with van der Waals surface area (Å²) in [5.41, 5.74) is 4.30. The summed E-state index contributed by atoms with van der Waals surface area (Å²) >= 11 is 0. The molecule has 1 amide bonds. The summed E-state index contributed by atoms with van der Waals surface area (Å²) in [7, 11) is 0.